The van der Waals surface area contributed by atoms with E-state index in [9.17, 15) is 5.21 Å². The van der Waals surface area contributed by atoms with Crippen LogP contribution in [0.2, 0.25) is 0 Å². The molecular formula is C22H29IN2O3. The van der Waals surface area contributed by atoms with Gasteiger partial charge in [0.25, 0.3) is 0 Å². The molecule has 5 nitrogen and oxygen atoms in total. The van der Waals surface area contributed by atoms with Crippen molar-refractivity contribution < 1.29 is 14.2 Å². The van der Waals surface area contributed by atoms with Crippen molar-refractivity contribution in [1.82, 2.24) is 4.98 Å². The summed E-state index contributed by atoms with van der Waals surface area (Å²) in [6, 6.07) is 10.4. The van der Waals surface area contributed by atoms with E-state index in [0.717, 1.165) is 36.3 Å². The lowest BCUT2D eigenvalue weighted by Crippen LogP contribution is -2.32. The van der Waals surface area contributed by atoms with Crippen LogP contribution in [-0.4, -0.2) is 27.7 Å². The van der Waals surface area contributed by atoms with Gasteiger partial charge in [-0.3, -0.25) is 4.98 Å². The number of epoxide rings is 1. The fourth-order valence-corrected chi connectivity index (χ4v) is 4.47. The van der Waals surface area contributed by atoms with Gasteiger partial charge in [0.1, 0.15) is 0 Å². The molecule has 1 aliphatic carbocycles. The van der Waals surface area contributed by atoms with E-state index >= 15 is 0 Å². The molecule has 152 valence electrons. The first-order valence-corrected chi connectivity index (χ1v) is 11.5. The zero-order valence-electron chi connectivity index (χ0n) is 16.5. The Kier molecular flexibility index (Phi) is 8.05. The van der Waals surface area contributed by atoms with Crippen molar-refractivity contribution in [3.8, 4) is 0 Å². The third kappa shape index (κ3) is 6.39. The summed E-state index contributed by atoms with van der Waals surface area (Å²) in [5.74, 6) is 1.20. The van der Waals surface area contributed by atoms with E-state index < -0.39 is 0 Å². The normalized spacial score (nSPS) is 25.6. The highest BCUT2D eigenvalue weighted by Crippen LogP contribution is 2.42. The molecule has 0 radical (unpaired) electrons. The molecule has 1 saturated carbocycles. The lowest BCUT2D eigenvalue weighted by Gasteiger charge is -2.25. The predicted octanol–water partition coefficient (Wildman–Crippen LogP) is 4.10. The van der Waals surface area contributed by atoms with Gasteiger partial charge in [0.05, 0.1) is 37.3 Å². The predicted molar refractivity (Wildman–Crippen MR) is 117 cm³/mol. The minimum atomic E-state index is 0.388. The fraction of sp³-hybridized carbons (Fsp3) is 0.545. The van der Waals surface area contributed by atoms with Gasteiger partial charge in [0.2, 0.25) is 5.69 Å². The van der Waals surface area contributed by atoms with Gasteiger partial charge in [-0.15, -0.1) is 0 Å². The lowest BCUT2D eigenvalue weighted by molar-refractivity contribution is -0.615. The van der Waals surface area contributed by atoms with Crippen LogP contribution in [-0.2, 0) is 22.5 Å². The molecule has 1 saturated heterocycles. The average Bonchev–Trinajstić information content (AvgIpc) is 3.48. The molecule has 1 aromatic carbocycles. The third-order valence-corrected chi connectivity index (χ3v) is 6.22. The van der Waals surface area contributed by atoms with Crippen molar-refractivity contribution in [3.05, 3.63) is 65.4 Å². The molecule has 0 spiro atoms. The van der Waals surface area contributed by atoms with Crippen LogP contribution in [0.25, 0.3) is 0 Å². The highest BCUT2D eigenvalue weighted by molar-refractivity contribution is 14.1. The Bertz CT molecular complexity index is 729. The zero-order valence-corrected chi connectivity index (χ0v) is 18.7. The second-order valence-electron chi connectivity index (χ2n) is 7.93. The number of fused-ring (bicyclic) bond motifs is 1. The molecule has 4 unspecified atom stereocenters. The largest absolute Gasteiger partial charge is 0.618 e. The molecule has 0 N–H and O–H groups in total. The highest BCUT2D eigenvalue weighted by Gasteiger charge is 2.50. The van der Waals surface area contributed by atoms with Gasteiger partial charge in [-0.2, -0.15) is 4.73 Å². The van der Waals surface area contributed by atoms with E-state index in [-0.39, 0.29) is 0 Å². The van der Waals surface area contributed by atoms with E-state index in [2.05, 4.69) is 65.7 Å². The van der Waals surface area contributed by atoms with E-state index in [1.54, 1.807) is 6.20 Å². The van der Waals surface area contributed by atoms with Gasteiger partial charge in [-0.25, -0.2) is 0 Å². The Morgan fingerprint density at radius 1 is 1.29 bits per heavy atom. The number of ether oxygens (including phenoxy) is 2. The minimum Gasteiger partial charge on any atom is -0.618 e. The van der Waals surface area contributed by atoms with E-state index in [1.807, 2.05) is 6.07 Å². The number of hydrogen-bond donors (Lipinski definition) is 0. The lowest BCUT2D eigenvalue weighted by atomic mass is 9.88. The quantitative estimate of drug-likeness (QED) is 0.199. The number of alkyl halides is 1. The van der Waals surface area contributed by atoms with Gasteiger partial charge in [-0.05, 0) is 23.8 Å². The monoisotopic (exact) mass is 496 g/mol. The van der Waals surface area contributed by atoms with Crippen LogP contribution in [0.15, 0.2) is 48.9 Å². The first-order chi connectivity index (χ1) is 13.6. The van der Waals surface area contributed by atoms with Crippen LogP contribution in [0.5, 0.6) is 0 Å². The van der Waals surface area contributed by atoms with E-state index in [0.29, 0.717) is 30.1 Å². The topological polar surface area (TPSA) is 61.6 Å². The molecular weight excluding hydrogens is 467 g/mol. The minimum absolute atomic E-state index is 0.388. The summed E-state index contributed by atoms with van der Waals surface area (Å²) in [6.07, 6.45) is 9.01. The highest BCUT2D eigenvalue weighted by atomic mass is 127. The summed E-state index contributed by atoms with van der Waals surface area (Å²) in [7, 11) is 0. The molecule has 4 atom stereocenters. The first kappa shape index (κ1) is 21.5. The van der Waals surface area contributed by atoms with Gasteiger partial charge in [0.15, 0.2) is 6.20 Å². The van der Waals surface area contributed by atoms with Crippen LogP contribution in [0.1, 0.15) is 37.9 Å². The summed E-state index contributed by atoms with van der Waals surface area (Å²) < 4.78 is 13.7. The molecule has 0 amide bonds. The molecule has 28 heavy (non-hydrogen) atoms. The van der Waals surface area contributed by atoms with Crippen LogP contribution in [0.4, 0.5) is 0 Å². The smallest absolute Gasteiger partial charge is 0.211 e. The second-order valence-corrected chi connectivity index (χ2v) is 8.82. The number of aromatic nitrogens is 2. The molecule has 1 aliphatic heterocycles. The maximum absolute atomic E-state index is 11.0. The Hall–Kier alpha value is -1.25. The van der Waals surface area contributed by atoms with Crippen molar-refractivity contribution in [2.75, 3.05) is 4.43 Å². The molecule has 4 rings (SSSR count). The van der Waals surface area contributed by atoms with Crippen molar-refractivity contribution in [2.45, 2.75) is 58.0 Å². The zero-order chi connectivity index (χ0) is 19.9. The molecule has 2 aliphatic rings. The van der Waals surface area contributed by atoms with Crippen molar-refractivity contribution >= 4 is 22.6 Å². The first-order valence-electron chi connectivity index (χ1n) is 9.95. The van der Waals surface area contributed by atoms with E-state index in [1.165, 1.54) is 22.4 Å². The molecule has 2 heterocycles. The maximum Gasteiger partial charge on any atom is 0.211 e. The van der Waals surface area contributed by atoms with Crippen LogP contribution < -0.4 is 4.73 Å². The standard InChI is InChI=1S/C14H17IO2.C8H12N2O/c15-8-11-6-12(7-13-14(11)17-13)16-9-10-4-2-1-3-5-10;1-7(2)5-8-6-9-3-4-10(8)11/h1-5,11-14H,6-9H2;3-4,6-7H,5H2,1-2H3. The Morgan fingerprint density at radius 3 is 2.75 bits per heavy atom. The Labute approximate surface area is 181 Å². The van der Waals surface area contributed by atoms with Crippen LogP contribution in [0, 0.1) is 17.0 Å². The maximum atomic E-state index is 11.0. The van der Waals surface area contributed by atoms with Gasteiger partial charge in [-0.1, -0.05) is 66.8 Å². The van der Waals surface area contributed by atoms with Gasteiger partial charge >= 0.3 is 0 Å². The van der Waals surface area contributed by atoms with Crippen molar-refractivity contribution in [3.63, 3.8) is 0 Å². The Balaban J connectivity index is 0.000000178. The Morgan fingerprint density at radius 2 is 2.07 bits per heavy atom. The molecule has 2 aromatic rings. The van der Waals surface area contributed by atoms with Crippen molar-refractivity contribution in [2.24, 2.45) is 11.8 Å². The third-order valence-electron chi connectivity index (χ3n) is 5.09. The van der Waals surface area contributed by atoms with Gasteiger partial charge < -0.3 is 14.7 Å². The summed E-state index contributed by atoms with van der Waals surface area (Å²) in [5, 5.41) is 11.0. The molecule has 1 aromatic heterocycles. The molecule has 2 fully saturated rings. The number of hydrogen-bond acceptors (Lipinski definition) is 4. The number of benzene rings is 1. The van der Waals surface area contributed by atoms with Crippen LogP contribution >= 0.6 is 22.6 Å². The average molecular weight is 496 g/mol. The summed E-state index contributed by atoms with van der Waals surface area (Å²) >= 11 is 2.46. The molecule has 6 heteroatoms. The number of nitrogens with zero attached hydrogens (tertiary/aromatic N) is 2. The van der Waals surface area contributed by atoms with Gasteiger partial charge in [0, 0.05) is 17.3 Å². The number of rotatable bonds is 6. The summed E-state index contributed by atoms with van der Waals surface area (Å²) in [4.78, 5) is 3.88. The number of halogens is 1. The van der Waals surface area contributed by atoms with E-state index in [4.69, 9.17) is 9.47 Å². The van der Waals surface area contributed by atoms with Crippen molar-refractivity contribution in [1.29, 1.82) is 0 Å². The summed E-state index contributed by atoms with van der Waals surface area (Å²) in [6.45, 7) is 4.89. The fourth-order valence-electron chi connectivity index (χ4n) is 3.60. The van der Waals surface area contributed by atoms with Crippen LogP contribution in [0.3, 0.4) is 0 Å². The summed E-state index contributed by atoms with van der Waals surface area (Å²) in [5.41, 5.74) is 2.00. The SMILES string of the molecule is CC(C)Cc1cncc[n+]1[O-].ICC1CC(OCc2ccccc2)CC2OC12. The molecule has 0 bridgehead atoms. The second kappa shape index (κ2) is 10.5.